The molecule has 2 saturated heterocycles. The second-order valence-electron chi connectivity index (χ2n) is 12.0. The van der Waals surface area contributed by atoms with E-state index in [4.69, 9.17) is 32.2 Å². The van der Waals surface area contributed by atoms with E-state index in [0.29, 0.717) is 43.7 Å². The van der Waals surface area contributed by atoms with Crippen LogP contribution >= 0.6 is 7.82 Å². The molecule has 12 heteroatoms. The molecule has 2 aliphatic rings. The number of aliphatic hydroxyl groups excluding tert-OH is 1. The molecule has 1 aromatic rings. The van der Waals surface area contributed by atoms with Crippen molar-refractivity contribution in [3.8, 4) is 0 Å². The summed E-state index contributed by atoms with van der Waals surface area (Å²) in [7, 11) is 0.375. The van der Waals surface area contributed by atoms with E-state index in [9.17, 15) is 14.5 Å². The Balaban J connectivity index is 1.87. The number of cyclic esters (lactones) is 1. The van der Waals surface area contributed by atoms with Crippen LogP contribution in [0.1, 0.15) is 96.8 Å². The van der Waals surface area contributed by atoms with Gasteiger partial charge in [0, 0.05) is 40.2 Å². The van der Waals surface area contributed by atoms with Crippen molar-refractivity contribution in [2.45, 2.75) is 116 Å². The van der Waals surface area contributed by atoms with Gasteiger partial charge >= 0.3 is 13.8 Å². The number of phosphoric ester groups is 1. The second-order valence-corrected chi connectivity index (χ2v) is 13.8. The lowest BCUT2D eigenvalue weighted by Gasteiger charge is -2.36. The first-order valence-electron chi connectivity index (χ1n) is 15.1. The number of ether oxygens (including phenoxy) is 3. The van der Waals surface area contributed by atoms with Crippen molar-refractivity contribution >= 4 is 19.9 Å². The molecular formula is C31H50NO10P. The minimum Gasteiger partial charge on any atom is -0.455 e. The molecule has 8 atom stereocenters. The molecule has 0 saturated carbocycles. The zero-order valence-corrected chi connectivity index (χ0v) is 27.5. The topological polar surface area (TPSA) is 136 Å². The van der Waals surface area contributed by atoms with Gasteiger partial charge in [-0.2, -0.15) is 0 Å². The largest absolute Gasteiger partial charge is 0.474 e. The monoisotopic (exact) mass is 627 g/mol. The van der Waals surface area contributed by atoms with Gasteiger partial charge in [0.25, 0.3) is 0 Å². The predicted molar refractivity (Wildman–Crippen MR) is 161 cm³/mol. The van der Waals surface area contributed by atoms with Crippen LogP contribution in [-0.2, 0) is 37.1 Å². The normalized spacial score (nSPS) is 31.4. The van der Waals surface area contributed by atoms with Crippen LogP contribution in [-0.4, -0.2) is 67.9 Å². The van der Waals surface area contributed by atoms with Crippen molar-refractivity contribution in [2.24, 2.45) is 11.8 Å². The molecule has 1 unspecified atom stereocenters. The van der Waals surface area contributed by atoms with E-state index >= 15 is 0 Å². The average Bonchev–Trinajstić information content (AvgIpc) is 3.43. The van der Waals surface area contributed by atoms with Gasteiger partial charge < -0.3 is 23.7 Å². The van der Waals surface area contributed by atoms with Crippen molar-refractivity contribution in [3.63, 3.8) is 0 Å². The number of methoxy groups -OCH3 is 1. The summed E-state index contributed by atoms with van der Waals surface area (Å²) in [6, 6.07) is 0. The van der Waals surface area contributed by atoms with Crippen LogP contribution in [0.5, 0.6) is 0 Å². The standard InChI is InChI=1S/C31H50NO10P/c1-19-12-25-11-9-10-24(33)16-29(27-18-39-30(32-27)15-20(2)23(5)36-6)41-31(34)22(4)14-21(3)28(17-26(13-19)40-25)42-43(35,37-7)38-8/h15,18,21-26,28-29,33H,1,9-14,16-17H2,2-8H3/b20-15+/t21-,22-,23+,24-,25+,26+,28-,29?/m0/s1. The van der Waals surface area contributed by atoms with Gasteiger partial charge in [0.2, 0.25) is 5.89 Å². The number of phosphoric acid groups is 1. The van der Waals surface area contributed by atoms with Gasteiger partial charge in [0.15, 0.2) is 0 Å². The van der Waals surface area contributed by atoms with E-state index in [-0.39, 0.29) is 30.7 Å². The van der Waals surface area contributed by atoms with E-state index in [1.807, 2.05) is 20.8 Å². The Bertz CT molecular complexity index is 1130. The van der Waals surface area contributed by atoms with E-state index in [1.54, 1.807) is 20.1 Å². The summed E-state index contributed by atoms with van der Waals surface area (Å²) in [4.78, 5) is 18.0. The lowest BCUT2D eigenvalue weighted by molar-refractivity contribution is -0.156. The smallest absolute Gasteiger partial charge is 0.455 e. The van der Waals surface area contributed by atoms with Crippen LogP contribution < -0.4 is 0 Å². The maximum atomic E-state index is 13.4. The highest BCUT2D eigenvalue weighted by Crippen LogP contribution is 2.51. The number of rotatable bonds is 8. The molecular weight excluding hydrogens is 577 g/mol. The van der Waals surface area contributed by atoms with Gasteiger partial charge in [-0.25, -0.2) is 9.55 Å². The molecule has 3 rings (SSSR count). The molecule has 0 radical (unpaired) electrons. The van der Waals surface area contributed by atoms with Crippen molar-refractivity contribution in [2.75, 3.05) is 21.3 Å². The number of fused-ring (bicyclic) bond motifs is 2. The summed E-state index contributed by atoms with van der Waals surface area (Å²) >= 11 is 0. The Morgan fingerprint density at radius 2 is 1.84 bits per heavy atom. The molecule has 0 aromatic carbocycles. The highest BCUT2D eigenvalue weighted by molar-refractivity contribution is 7.48. The van der Waals surface area contributed by atoms with E-state index < -0.39 is 38.0 Å². The predicted octanol–water partition coefficient (Wildman–Crippen LogP) is 6.57. The van der Waals surface area contributed by atoms with Gasteiger partial charge in [-0.1, -0.05) is 26.0 Å². The summed E-state index contributed by atoms with van der Waals surface area (Å²) in [5, 5.41) is 11.0. The average molecular weight is 628 g/mol. The highest BCUT2D eigenvalue weighted by Gasteiger charge is 2.37. The van der Waals surface area contributed by atoms with Crippen molar-refractivity contribution < 1.29 is 46.7 Å². The second kappa shape index (κ2) is 16.5. The molecule has 2 aliphatic heterocycles. The number of carbonyl (C=O) groups is 1. The number of hydrogen-bond donors (Lipinski definition) is 1. The Morgan fingerprint density at radius 1 is 1.14 bits per heavy atom. The molecule has 43 heavy (non-hydrogen) atoms. The number of hydrogen-bond acceptors (Lipinski definition) is 11. The quantitative estimate of drug-likeness (QED) is 0.190. The van der Waals surface area contributed by atoms with Crippen molar-refractivity contribution in [1.82, 2.24) is 4.98 Å². The number of oxazole rings is 1. The number of aromatic nitrogens is 1. The molecule has 2 fully saturated rings. The molecule has 1 aromatic heterocycles. The van der Waals surface area contributed by atoms with E-state index in [2.05, 4.69) is 11.6 Å². The van der Waals surface area contributed by atoms with Crippen molar-refractivity contribution in [1.29, 1.82) is 0 Å². The molecule has 3 heterocycles. The first-order chi connectivity index (χ1) is 20.4. The Morgan fingerprint density at radius 3 is 2.51 bits per heavy atom. The van der Waals surface area contributed by atoms with Crippen LogP contribution in [0.3, 0.4) is 0 Å². The third kappa shape index (κ3) is 10.6. The number of aliphatic hydroxyl groups is 1. The molecule has 0 aliphatic carbocycles. The Kier molecular flexibility index (Phi) is 13.6. The minimum absolute atomic E-state index is 0.0471. The van der Waals surface area contributed by atoms with Crippen LogP contribution in [0.4, 0.5) is 0 Å². The fourth-order valence-corrected chi connectivity index (χ4v) is 6.57. The van der Waals surface area contributed by atoms with Crippen LogP contribution in [0.2, 0.25) is 0 Å². The molecule has 0 spiro atoms. The number of carbonyl (C=O) groups excluding carboxylic acids is 1. The third-order valence-corrected chi connectivity index (χ3v) is 9.83. The summed E-state index contributed by atoms with van der Waals surface area (Å²) in [6.07, 6.45) is 5.12. The summed E-state index contributed by atoms with van der Waals surface area (Å²) in [6.45, 7) is 11.8. The minimum atomic E-state index is -3.80. The summed E-state index contributed by atoms with van der Waals surface area (Å²) < 4.78 is 52.5. The lowest BCUT2D eigenvalue weighted by atomic mass is 9.87. The van der Waals surface area contributed by atoms with Gasteiger partial charge in [0.05, 0.1) is 36.4 Å². The Labute approximate surface area is 255 Å². The van der Waals surface area contributed by atoms with Gasteiger partial charge in [-0.05, 0) is 63.9 Å². The summed E-state index contributed by atoms with van der Waals surface area (Å²) in [5.74, 6) is -0.849. The van der Waals surface area contributed by atoms with E-state index in [1.165, 1.54) is 20.5 Å². The first-order valence-corrected chi connectivity index (χ1v) is 16.6. The zero-order valence-electron chi connectivity index (χ0n) is 26.7. The molecule has 11 nitrogen and oxygen atoms in total. The van der Waals surface area contributed by atoms with Crippen molar-refractivity contribution in [3.05, 3.63) is 35.6 Å². The first kappa shape index (κ1) is 35.6. The molecule has 0 amide bonds. The Hall–Kier alpha value is -1.85. The zero-order chi connectivity index (χ0) is 31.7. The van der Waals surface area contributed by atoms with Gasteiger partial charge in [-0.15, -0.1) is 0 Å². The lowest BCUT2D eigenvalue weighted by Crippen LogP contribution is -2.35. The fraction of sp³-hybridized carbons (Fsp3) is 0.742. The molecule has 1 N–H and O–H groups in total. The van der Waals surface area contributed by atoms with Crippen LogP contribution in [0, 0.1) is 11.8 Å². The maximum Gasteiger partial charge on any atom is 0.474 e. The SMILES string of the molecule is C=C1C[C@H]2CCC[C@H](O)CC(c3coc(/C=C(\C)[C@@H](C)OC)n3)OC(=O)[C@@H](C)C[C@H](C)[C@@H](OP(=O)(OC)OC)C[C@@H](C1)O2. The van der Waals surface area contributed by atoms with Gasteiger partial charge in [0.1, 0.15) is 18.1 Å². The number of esters is 1. The molecule has 2 bridgehead atoms. The maximum absolute atomic E-state index is 13.4. The van der Waals surface area contributed by atoms with Crippen LogP contribution in [0.25, 0.3) is 6.08 Å². The highest BCUT2D eigenvalue weighted by atomic mass is 31.2. The number of nitrogens with zero attached hydrogens (tertiary/aromatic N) is 1. The summed E-state index contributed by atoms with van der Waals surface area (Å²) in [5.41, 5.74) is 2.43. The third-order valence-electron chi connectivity index (χ3n) is 8.41. The fourth-order valence-electron chi connectivity index (χ4n) is 5.62. The van der Waals surface area contributed by atoms with Gasteiger partial charge in [-0.3, -0.25) is 18.4 Å². The van der Waals surface area contributed by atoms with Crippen LogP contribution in [0.15, 0.2) is 28.4 Å². The van der Waals surface area contributed by atoms with E-state index in [0.717, 1.165) is 24.0 Å². The molecule has 244 valence electrons.